The van der Waals surface area contributed by atoms with Gasteiger partial charge in [-0.05, 0) is 33.1 Å². The number of ether oxygens (including phenoxy) is 1. The van der Waals surface area contributed by atoms with Crippen molar-refractivity contribution in [1.29, 1.82) is 0 Å². The van der Waals surface area contributed by atoms with Crippen molar-refractivity contribution in [3.05, 3.63) is 17.6 Å². The topological polar surface area (TPSA) is 110 Å². The molecule has 2 aliphatic heterocycles. The van der Waals surface area contributed by atoms with Crippen LogP contribution in [0.2, 0.25) is 0 Å². The molecule has 9 nitrogen and oxygen atoms in total. The molecule has 0 unspecified atom stereocenters. The first-order valence-electron chi connectivity index (χ1n) is 9.54. The van der Waals surface area contributed by atoms with Crippen LogP contribution in [-0.2, 0) is 19.6 Å². The van der Waals surface area contributed by atoms with Crippen molar-refractivity contribution in [2.75, 3.05) is 25.4 Å². The van der Waals surface area contributed by atoms with Gasteiger partial charge >= 0.3 is 0 Å². The molecule has 3 rings (SSSR count). The van der Waals surface area contributed by atoms with E-state index in [0.717, 1.165) is 10.6 Å². The van der Waals surface area contributed by atoms with Crippen molar-refractivity contribution in [2.24, 2.45) is 0 Å². The molecule has 1 aromatic rings. The van der Waals surface area contributed by atoms with Crippen LogP contribution < -0.4 is 4.74 Å². The maximum atomic E-state index is 12.6. The first-order valence-corrected chi connectivity index (χ1v) is 11.2. The van der Waals surface area contributed by atoms with Gasteiger partial charge in [0.2, 0.25) is 27.7 Å². The van der Waals surface area contributed by atoms with Gasteiger partial charge in [-0.1, -0.05) is 0 Å². The van der Waals surface area contributed by atoms with Crippen molar-refractivity contribution in [1.82, 2.24) is 19.2 Å². The summed E-state index contributed by atoms with van der Waals surface area (Å²) in [7, 11) is -3.53. The van der Waals surface area contributed by atoms with Crippen molar-refractivity contribution in [2.45, 2.75) is 52.1 Å². The number of piperidine rings is 2. The fourth-order valence-corrected chi connectivity index (χ4v) is 4.97. The number of carbonyl (C=O) groups is 2. The Bertz CT molecular complexity index is 813. The molecule has 10 heteroatoms. The Labute approximate surface area is 165 Å². The third-order valence-corrected chi connectivity index (χ3v) is 6.83. The van der Waals surface area contributed by atoms with Crippen LogP contribution in [0.15, 0.2) is 6.07 Å². The average Bonchev–Trinajstić information content (AvgIpc) is 2.61. The quantitative estimate of drug-likeness (QED) is 0.638. The number of amides is 2. The number of hydrogen-bond acceptors (Lipinski definition) is 7. The van der Waals surface area contributed by atoms with Gasteiger partial charge in [0.15, 0.2) is 0 Å². The van der Waals surface area contributed by atoms with E-state index >= 15 is 0 Å². The summed E-state index contributed by atoms with van der Waals surface area (Å²) in [4.78, 5) is 33.2. The largest absolute Gasteiger partial charge is 0.474 e. The Morgan fingerprint density at radius 1 is 1.11 bits per heavy atom. The van der Waals surface area contributed by atoms with Gasteiger partial charge in [0.05, 0.1) is 5.75 Å². The Morgan fingerprint density at radius 2 is 1.75 bits per heavy atom. The van der Waals surface area contributed by atoms with Crippen molar-refractivity contribution >= 4 is 21.8 Å². The molecule has 0 N–H and O–H groups in total. The lowest BCUT2D eigenvalue weighted by Crippen LogP contribution is -2.47. The summed E-state index contributed by atoms with van der Waals surface area (Å²) in [5, 5.41) is 0. The molecule has 3 heterocycles. The number of rotatable bonds is 6. The summed E-state index contributed by atoms with van der Waals surface area (Å²) >= 11 is 0. The second-order valence-electron chi connectivity index (χ2n) is 7.22. The molecule has 154 valence electrons. The van der Waals surface area contributed by atoms with E-state index in [1.165, 1.54) is 4.31 Å². The number of carbonyl (C=O) groups excluding carboxylic acids is 2. The Hall–Kier alpha value is -2.07. The van der Waals surface area contributed by atoms with Gasteiger partial charge in [0.25, 0.3) is 0 Å². The maximum absolute atomic E-state index is 12.6. The molecule has 0 aliphatic carbocycles. The molecular weight excluding hydrogens is 384 g/mol. The van der Waals surface area contributed by atoms with Gasteiger partial charge in [0, 0.05) is 44.2 Å². The maximum Gasteiger partial charge on any atom is 0.229 e. The van der Waals surface area contributed by atoms with E-state index in [-0.39, 0.29) is 30.2 Å². The molecule has 0 aromatic carbocycles. The molecule has 2 fully saturated rings. The predicted octanol–water partition coefficient (Wildman–Crippen LogP) is 0.806. The van der Waals surface area contributed by atoms with Crippen LogP contribution in [0.4, 0.5) is 0 Å². The van der Waals surface area contributed by atoms with Gasteiger partial charge in [-0.25, -0.2) is 17.7 Å². The molecule has 0 atom stereocenters. The summed E-state index contributed by atoms with van der Waals surface area (Å²) in [6.45, 7) is 4.28. The first kappa shape index (κ1) is 20.7. The van der Waals surface area contributed by atoms with Gasteiger partial charge in [0.1, 0.15) is 11.9 Å². The van der Waals surface area contributed by atoms with E-state index < -0.39 is 10.0 Å². The number of nitrogens with zero attached hydrogens (tertiary/aromatic N) is 4. The molecule has 0 saturated carbocycles. The molecule has 0 radical (unpaired) electrons. The fourth-order valence-electron chi connectivity index (χ4n) is 3.53. The van der Waals surface area contributed by atoms with Gasteiger partial charge in [-0.2, -0.15) is 4.98 Å². The lowest BCUT2D eigenvalue weighted by Gasteiger charge is -2.32. The van der Waals surface area contributed by atoms with Crippen molar-refractivity contribution in [3.8, 4) is 5.88 Å². The predicted molar refractivity (Wildman–Crippen MR) is 101 cm³/mol. The summed E-state index contributed by atoms with van der Waals surface area (Å²) in [6.07, 6.45) is 2.16. The lowest BCUT2D eigenvalue weighted by atomic mass is 10.1. The number of likely N-dealkylation sites (tertiary alicyclic amines) is 1. The Morgan fingerprint density at radius 3 is 2.36 bits per heavy atom. The van der Waals surface area contributed by atoms with Crippen LogP contribution in [0.1, 0.15) is 43.6 Å². The number of aromatic nitrogens is 2. The monoisotopic (exact) mass is 410 g/mol. The average molecular weight is 410 g/mol. The highest BCUT2D eigenvalue weighted by Crippen LogP contribution is 2.20. The SMILES string of the molecule is Cc1cc(OC2CCN(S(=O)(=O)CCN3C(=O)CCCC3=O)CC2)nc(C)n1. The van der Waals surface area contributed by atoms with Gasteiger partial charge < -0.3 is 4.74 Å². The second kappa shape index (κ2) is 8.52. The second-order valence-corrected chi connectivity index (χ2v) is 9.31. The Balaban J connectivity index is 1.51. The summed E-state index contributed by atoms with van der Waals surface area (Å²) in [5.41, 5.74) is 0.823. The molecule has 28 heavy (non-hydrogen) atoms. The normalized spacial score (nSPS) is 19.9. The Kier molecular flexibility index (Phi) is 6.29. The van der Waals surface area contributed by atoms with Crippen LogP contribution in [0.5, 0.6) is 5.88 Å². The third kappa shape index (κ3) is 5.05. The fraction of sp³-hybridized carbons (Fsp3) is 0.667. The van der Waals surface area contributed by atoms with Crippen LogP contribution >= 0.6 is 0 Å². The molecule has 1 aromatic heterocycles. The van der Waals surface area contributed by atoms with Crippen molar-refractivity contribution < 1.29 is 22.7 Å². The minimum absolute atomic E-state index is 0.0735. The van der Waals surface area contributed by atoms with Crippen molar-refractivity contribution in [3.63, 3.8) is 0 Å². The third-order valence-electron chi connectivity index (χ3n) is 4.98. The van der Waals surface area contributed by atoms with Gasteiger partial charge in [-0.15, -0.1) is 0 Å². The first-order chi connectivity index (χ1) is 13.2. The number of sulfonamides is 1. The summed E-state index contributed by atoms with van der Waals surface area (Å²) in [6, 6.07) is 1.77. The highest BCUT2D eigenvalue weighted by molar-refractivity contribution is 7.89. The minimum Gasteiger partial charge on any atom is -0.474 e. The van der Waals surface area contributed by atoms with E-state index in [0.29, 0.717) is 56.9 Å². The molecule has 2 aliphatic rings. The minimum atomic E-state index is -3.53. The highest BCUT2D eigenvalue weighted by Gasteiger charge is 2.32. The number of hydrogen-bond donors (Lipinski definition) is 0. The molecule has 2 saturated heterocycles. The summed E-state index contributed by atoms with van der Waals surface area (Å²) in [5.74, 6) is 0.341. The van der Waals surface area contributed by atoms with E-state index in [2.05, 4.69) is 9.97 Å². The van der Waals surface area contributed by atoms with Crippen LogP contribution in [0.25, 0.3) is 0 Å². The van der Waals surface area contributed by atoms with Crippen LogP contribution in [0.3, 0.4) is 0 Å². The zero-order valence-corrected chi connectivity index (χ0v) is 17.1. The van der Waals surface area contributed by atoms with E-state index in [9.17, 15) is 18.0 Å². The molecule has 0 bridgehead atoms. The van der Waals surface area contributed by atoms with Gasteiger partial charge in [-0.3, -0.25) is 14.5 Å². The van der Waals surface area contributed by atoms with E-state index in [4.69, 9.17) is 4.74 Å². The highest BCUT2D eigenvalue weighted by atomic mass is 32.2. The standard InChI is InChI=1S/C18H26N4O5S/c1-13-12-16(20-14(2)19-13)27-15-6-8-21(9-7-15)28(25,26)11-10-22-17(23)4-3-5-18(22)24/h12,15H,3-11H2,1-2H3. The molecule has 0 spiro atoms. The van der Waals surface area contributed by atoms with Crippen LogP contribution in [-0.4, -0.2) is 70.9 Å². The smallest absolute Gasteiger partial charge is 0.229 e. The lowest BCUT2D eigenvalue weighted by molar-refractivity contribution is -0.147. The van der Waals surface area contributed by atoms with E-state index in [1.54, 1.807) is 13.0 Å². The molecular formula is C18H26N4O5S. The number of aryl methyl sites for hydroxylation is 2. The zero-order chi connectivity index (χ0) is 20.3. The zero-order valence-electron chi connectivity index (χ0n) is 16.3. The summed E-state index contributed by atoms with van der Waals surface area (Å²) < 4.78 is 32.5. The van der Waals surface area contributed by atoms with E-state index in [1.807, 2.05) is 6.92 Å². The van der Waals surface area contributed by atoms with Crippen LogP contribution in [0, 0.1) is 13.8 Å². The molecule has 2 amide bonds. The number of imide groups is 1.